The van der Waals surface area contributed by atoms with Crippen molar-refractivity contribution >= 4 is 58.5 Å². The van der Waals surface area contributed by atoms with E-state index in [0.717, 1.165) is 14.9 Å². The molecule has 1 heterocycles. The second-order valence-corrected chi connectivity index (χ2v) is 5.45. The summed E-state index contributed by atoms with van der Waals surface area (Å²) in [4.78, 5) is 5.28. The van der Waals surface area contributed by atoms with E-state index in [1.807, 2.05) is 18.8 Å². The van der Waals surface area contributed by atoms with E-state index in [9.17, 15) is 0 Å². The lowest BCUT2D eigenvalue weighted by molar-refractivity contribution is 0.978. The zero-order chi connectivity index (χ0) is 10.7. The highest BCUT2D eigenvalue weighted by atomic mass is 35.5. The number of halogens is 2. The third kappa shape index (κ3) is 2.47. The lowest BCUT2D eigenvalue weighted by Gasteiger charge is -2.10. The predicted octanol–water partition coefficient (Wildman–Crippen LogP) is 4.55. The SMILES string of the molecule is CSc1nc(SC)c(Cl)c(SC)c1Cl. The minimum atomic E-state index is 0.660. The zero-order valence-corrected chi connectivity index (χ0v) is 11.9. The van der Waals surface area contributed by atoms with Crippen molar-refractivity contribution in [3.63, 3.8) is 0 Å². The van der Waals surface area contributed by atoms with Crippen molar-refractivity contribution in [3.8, 4) is 0 Å². The molecule has 0 bridgehead atoms. The van der Waals surface area contributed by atoms with Gasteiger partial charge in [-0.3, -0.25) is 0 Å². The zero-order valence-electron chi connectivity index (χ0n) is 7.93. The highest BCUT2D eigenvalue weighted by molar-refractivity contribution is 8.00. The smallest absolute Gasteiger partial charge is 0.117 e. The van der Waals surface area contributed by atoms with Gasteiger partial charge in [-0.25, -0.2) is 4.98 Å². The Morgan fingerprint density at radius 1 is 0.857 bits per heavy atom. The molecule has 0 aliphatic rings. The fraction of sp³-hybridized carbons (Fsp3) is 0.375. The second kappa shape index (κ2) is 5.75. The molecular weight excluding hydrogens is 277 g/mol. The van der Waals surface area contributed by atoms with Gasteiger partial charge in [0.1, 0.15) is 10.1 Å². The van der Waals surface area contributed by atoms with E-state index < -0.39 is 0 Å². The van der Waals surface area contributed by atoms with Crippen LogP contribution >= 0.6 is 58.5 Å². The highest BCUT2D eigenvalue weighted by Gasteiger charge is 2.15. The van der Waals surface area contributed by atoms with Crippen molar-refractivity contribution in [2.75, 3.05) is 18.8 Å². The van der Waals surface area contributed by atoms with Crippen LogP contribution in [-0.4, -0.2) is 23.8 Å². The molecule has 0 aliphatic carbocycles. The van der Waals surface area contributed by atoms with Gasteiger partial charge in [0.15, 0.2) is 0 Å². The molecule has 78 valence electrons. The van der Waals surface area contributed by atoms with Crippen molar-refractivity contribution in [2.45, 2.75) is 14.9 Å². The molecule has 0 saturated heterocycles. The van der Waals surface area contributed by atoms with Crippen LogP contribution in [0.2, 0.25) is 10.0 Å². The molecule has 1 rings (SSSR count). The summed E-state index contributed by atoms with van der Waals surface area (Å²) >= 11 is 16.9. The monoisotopic (exact) mass is 285 g/mol. The van der Waals surface area contributed by atoms with E-state index in [-0.39, 0.29) is 0 Å². The van der Waals surface area contributed by atoms with Gasteiger partial charge in [-0.2, -0.15) is 0 Å². The lowest BCUT2D eigenvalue weighted by Crippen LogP contribution is -1.90. The molecule has 0 aromatic carbocycles. The van der Waals surface area contributed by atoms with E-state index in [0.29, 0.717) is 10.0 Å². The van der Waals surface area contributed by atoms with Crippen LogP contribution in [0.1, 0.15) is 0 Å². The Balaban J connectivity index is 3.39. The molecule has 0 atom stereocenters. The van der Waals surface area contributed by atoms with Gasteiger partial charge < -0.3 is 0 Å². The summed E-state index contributed by atoms with van der Waals surface area (Å²) in [6.07, 6.45) is 5.87. The molecule has 6 heteroatoms. The molecule has 0 fully saturated rings. The van der Waals surface area contributed by atoms with E-state index in [2.05, 4.69) is 4.98 Å². The molecule has 0 unspecified atom stereocenters. The number of hydrogen-bond acceptors (Lipinski definition) is 4. The fourth-order valence-corrected chi connectivity index (χ4v) is 3.84. The Morgan fingerprint density at radius 3 is 1.57 bits per heavy atom. The van der Waals surface area contributed by atoms with E-state index in [4.69, 9.17) is 23.2 Å². The molecule has 0 amide bonds. The Labute approximate surface area is 107 Å². The summed E-state index contributed by atoms with van der Waals surface area (Å²) in [5, 5.41) is 3.00. The van der Waals surface area contributed by atoms with Crippen LogP contribution < -0.4 is 0 Å². The third-order valence-electron chi connectivity index (χ3n) is 1.57. The maximum absolute atomic E-state index is 6.15. The first kappa shape index (κ1) is 12.8. The van der Waals surface area contributed by atoms with Crippen LogP contribution in [0, 0.1) is 0 Å². The average Bonchev–Trinajstić information content (AvgIpc) is 2.19. The normalized spacial score (nSPS) is 10.6. The maximum atomic E-state index is 6.15. The van der Waals surface area contributed by atoms with Gasteiger partial charge in [-0.05, 0) is 18.8 Å². The van der Waals surface area contributed by atoms with Crippen molar-refractivity contribution < 1.29 is 0 Å². The predicted molar refractivity (Wildman–Crippen MR) is 69.6 cm³/mol. The Bertz CT molecular complexity index is 316. The number of hydrogen-bond donors (Lipinski definition) is 0. The molecule has 0 aliphatic heterocycles. The summed E-state index contributed by atoms with van der Waals surface area (Å²) < 4.78 is 0. The average molecular weight is 286 g/mol. The van der Waals surface area contributed by atoms with Crippen molar-refractivity contribution in [3.05, 3.63) is 10.0 Å². The first-order valence-corrected chi connectivity index (χ1v) is 8.09. The first-order valence-electron chi connectivity index (χ1n) is 3.66. The molecular formula is C8H9Cl2NS3. The Kier molecular flexibility index (Phi) is 5.28. The number of rotatable bonds is 3. The van der Waals surface area contributed by atoms with Gasteiger partial charge in [0.25, 0.3) is 0 Å². The molecule has 1 nitrogen and oxygen atoms in total. The van der Waals surface area contributed by atoms with Gasteiger partial charge in [-0.1, -0.05) is 23.2 Å². The number of pyridine rings is 1. The second-order valence-electron chi connectivity index (χ2n) is 2.29. The first-order chi connectivity index (χ1) is 6.65. The van der Waals surface area contributed by atoms with Crippen LogP contribution in [0.15, 0.2) is 14.9 Å². The van der Waals surface area contributed by atoms with E-state index >= 15 is 0 Å². The largest absolute Gasteiger partial charge is 0.232 e. The van der Waals surface area contributed by atoms with E-state index in [1.54, 1.807) is 11.8 Å². The number of thioether (sulfide) groups is 3. The molecule has 1 aromatic rings. The summed E-state index contributed by atoms with van der Waals surface area (Å²) in [5.41, 5.74) is 0. The van der Waals surface area contributed by atoms with Gasteiger partial charge in [0.05, 0.1) is 10.0 Å². The van der Waals surface area contributed by atoms with Crippen LogP contribution in [-0.2, 0) is 0 Å². The molecule has 14 heavy (non-hydrogen) atoms. The highest BCUT2D eigenvalue weighted by Crippen LogP contribution is 2.41. The molecule has 1 aromatic heterocycles. The molecule has 0 saturated carbocycles. The molecule has 0 spiro atoms. The van der Waals surface area contributed by atoms with E-state index in [1.165, 1.54) is 23.5 Å². The van der Waals surface area contributed by atoms with Crippen LogP contribution in [0.5, 0.6) is 0 Å². The third-order valence-corrected chi connectivity index (χ3v) is 4.93. The quantitative estimate of drug-likeness (QED) is 0.755. The standard InChI is InChI=1S/C8H9Cl2NS3/c1-12-6-4(9)7(13-2)11-8(14-3)5(6)10/h1-3H3. The van der Waals surface area contributed by atoms with Gasteiger partial charge in [-0.15, -0.1) is 35.3 Å². The minimum Gasteiger partial charge on any atom is -0.232 e. The maximum Gasteiger partial charge on any atom is 0.117 e. The lowest BCUT2D eigenvalue weighted by atomic mass is 10.5. The van der Waals surface area contributed by atoms with Crippen LogP contribution in [0.3, 0.4) is 0 Å². The fourth-order valence-electron chi connectivity index (χ4n) is 0.931. The summed E-state index contributed by atoms with van der Waals surface area (Å²) in [6.45, 7) is 0. The number of nitrogens with zero attached hydrogens (tertiary/aromatic N) is 1. The summed E-state index contributed by atoms with van der Waals surface area (Å²) in [5.74, 6) is 0. The van der Waals surface area contributed by atoms with Gasteiger partial charge in [0.2, 0.25) is 0 Å². The van der Waals surface area contributed by atoms with Gasteiger partial charge >= 0.3 is 0 Å². The molecule has 0 N–H and O–H groups in total. The van der Waals surface area contributed by atoms with Crippen molar-refractivity contribution in [1.82, 2.24) is 4.98 Å². The topological polar surface area (TPSA) is 12.9 Å². The Morgan fingerprint density at radius 2 is 1.29 bits per heavy atom. The van der Waals surface area contributed by atoms with Crippen molar-refractivity contribution in [1.29, 1.82) is 0 Å². The minimum absolute atomic E-state index is 0.660. The molecule has 0 radical (unpaired) electrons. The summed E-state index contributed by atoms with van der Waals surface area (Å²) in [7, 11) is 0. The Hall–Kier alpha value is 0.780. The van der Waals surface area contributed by atoms with Crippen LogP contribution in [0.4, 0.5) is 0 Å². The summed E-state index contributed by atoms with van der Waals surface area (Å²) in [6, 6.07) is 0. The van der Waals surface area contributed by atoms with Crippen molar-refractivity contribution in [2.24, 2.45) is 0 Å². The van der Waals surface area contributed by atoms with Crippen LogP contribution in [0.25, 0.3) is 0 Å². The van der Waals surface area contributed by atoms with Gasteiger partial charge in [0, 0.05) is 4.90 Å². The number of aromatic nitrogens is 1.